The van der Waals surface area contributed by atoms with Crippen molar-refractivity contribution in [1.82, 2.24) is 15.0 Å². The van der Waals surface area contributed by atoms with Gasteiger partial charge in [-0.15, -0.1) is 0 Å². The molecule has 2 aromatic carbocycles. The van der Waals surface area contributed by atoms with Gasteiger partial charge in [-0.25, -0.2) is 9.97 Å². The summed E-state index contributed by atoms with van der Waals surface area (Å²) in [4.78, 5) is 13.1. The minimum absolute atomic E-state index is 0.0396. The predicted octanol–water partition coefficient (Wildman–Crippen LogP) is 6.88. The van der Waals surface area contributed by atoms with Crippen LogP contribution in [-0.4, -0.2) is 20.1 Å². The molecule has 0 bridgehead atoms. The minimum Gasteiger partial charge on any atom is -0.377 e. The van der Waals surface area contributed by atoms with E-state index in [9.17, 15) is 5.11 Å². The summed E-state index contributed by atoms with van der Waals surface area (Å²) in [5.74, 6) is 0.368. The monoisotopic (exact) mass is 608 g/mol. The van der Waals surface area contributed by atoms with Gasteiger partial charge in [0.05, 0.1) is 16.2 Å². The van der Waals surface area contributed by atoms with Gasteiger partial charge in [-0.05, 0) is 71.8 Å². The first-order valence-corrected chi connectivity index (χ1v) is 11.8. The van der Waals surface area contributed by atoms with Crippen LogP contribution in [0.1, 0.15) is 31.3 Å². The van der Waals surface area contributed by atoms with Crippen molar-refractivity contribution in [3.63, 3.8) is 0 Å². The Hall–Kier alpha value is -1.81. The fourth-order valence-corrected chi connectivity index (χ4v) is 4.18. The molecule has 0 aliphatic carbocycles. The van der Waals surface area contributed by atoms with Crippen LogP contribution in [0.25, 0.3) is 22.0 Å². The number of anilines is 1. The Balaban J connectivity index is 1.73. The van der Waals surface area contributed by atoms with E-state index in [-0.39, 0.29) is 6.04 Å². The Morgan fingerprint density at radius 1 is 1.06 bits per heavy atom. The van der Waals surface area contributed by atoms with Crippen LogP contribution in [0.2, 0.25) is 5.02 Å². The van der Waals surface area contributed by atoms with E-state index in [0.29, 0.717) is 10.8 Å². The van der Waals surface area contributed by atoms with Gasteiger partial charge in [0.1, 0.15) is 0 Å². The Bertz CT molecular complexity index is 1240. The quantitative estimate of drug-likeness (QED) is 0.191. The first-order chi connectivity index (χ1) is 14.7. The van der Waals surface area contributed by atoms with Gasteiger partial charge < -0.3 is 10.4 Å². The van der Waals surface area contributed by atoms with Crippen molar-refractivity contribution in [1.29, 1.82) is 0 Å². The van der Waals surface area contributed by atoms with Gasteiger partial charge in [0, 0.05) is 40.1 Å². The standard InChI is InChI=1S/C23H19BrClIN4O/c1-13(14-4-3-5-17(24)8-14)30-21-18-9-15(6-7-20(18)27-12-19(21)25)16-10-28-22(29-11-16)23(2,26)31/h3-13,31H,1-2H3,(H,27,30)/t13-,23?/m1/s1. The smallest absolute Gasteiger partial charge is 0.172 e. The molecule has 158 valence electrons. The normalized spacial score (nSPS) is 14.3. The van der Waals surface area contributed by atoms with Gasteiger partial charge in [-0.2, -0.15) is 0 Å². The van der Waals surface area contributed by atoms with Gasteiger partial charge in [0.2, 0.25) is 0 Å². The van der Waals surface area contributed by atoms with Crippen LogP contribution in [0.15, 0.2) is 65.5 Å². The molecule has 31 heavy (non-hydrogen) atoms. The van der Waals surface area contributed by atoms with E-state index in [1.165, 1.54) is 0 Å². The van der Waals surface area contributed by atoms with Gasteiger partial charge in [0.15, 0.2) is 9.43 Å². The molecule has 5 nitrogen and oxygen atoms in total. The highest BCUT2D eigenvalue weighted by atomic mass is 127. The van der Waals surface area contributed by atoms with E-state index >= 15 is 0 Å². The largest absolute Gasteiger partial charge is 0.377 e. The maximum atomic E-state index is 10.1. The van der Waals surface area contributed by atoms with Crippen LogP contribution < -0.4 is 5.32 Å². The van der Waals surface area contributed by atoms with E-state index in [0.717, 1.165) is 37.8 Å². The fourth-order valence-electron chi connectivity index (χ4n) is 3.28. The van der Waals surface area contributed by atoms with Gasteiger partial charge in [0.25, 0.3) is 0 Å². The molecule has 1 unspecified atom stereocenters. The molecule has 4 rings (SSSR count). The second-order valence-electron chi connectivity index (χ2n) is 7.38. The number of nitrogens with zero attached hydrogens (tertiary/aromatic N) is 3. The molecular weight excluding hydrogens is 591 g/mol. The van der Waals surface area contributed by atoms with E-state index < -0.39 is 3.61 Å². The zero-order valence-electron chi connectivity index (χ0n) is 16.8. The highest BCUT2D eigenvalue weighted by Crippen LogP contribution is 2.35. The summed E-state index contributed by atoms with van der Waals surface area (Å²) in [6.45, 7) is 3.74. The Morgan fingerprint density at radius 3 is 2.48 bits per heavy atom. The molecule has 2 atom stereocenters. The maximum absolute atomic E-state index is 10.1. The minimum atomic E-state index is -1.11. The number of benzene rings is 2. The number of hydrogen-bond donors (Lipinski definition) is 2. The Kier molecular flexibility index (Phi) is 6.48. The lowest BCUT2D eigenvalue weighted by Crippen LogP contribution is -2.15. The number of aliphatic hydroxyl groups is 1. The van der Waals surface area contributed by atoms with E-state index in [1.54, 1.807) is 25.5 Å². The second-order valence-corrected chi connectivity index (χ2v) is 10.8. The molecule has 0 radical (unpaired) electrons. The molecule has 2 aromatic heterocycles. The molecule has 0 aliphatic rings. The van der Waals surface area contributed by atoms with E-state index in [1.807, 2.05) is 52.9 Å². The van der Waals surface area contributed by atoms with Gasteiger partial charge >= 0.3 is 0 Å². The molecule has 0 spiro atoms. The summed E-state index contributed by atoms with van der Waals surface area (Å²) >= 11 is 12.0. The summed E-state index contributed by atoms with van der Waals surface area (Å²) in [6.07, 6.45) is 5.09. The predicted molar refractivity (Wildman–Crippen MR) is 138 cm³/mol. The number of nitrogens with one attached hydrogen (secondary N) is 1. The average molecular weight is 610 g/mol. The van der Waals surface area contributed by atoms with Crippen LogP contribution in [-0.2, 0) is 3.61 Å². The van der Waals surface area contributed by atoms with Crippen molar-refractivity contribution in [2.45, 2.75) is 23.5 Å². The molecule has 2 heterocycles. The summed E-state index contributed by atoms with van der Waals surface area (Å²) < 4.78 is -0.0860. The number of pyridine rings is 1. The molecule has 4 aromatic rings. The van der Waals surface area contributed by atoms with Crippen molar-refractivity contribution < 1.29 is 5.11 Å². The number of alkyl halides is 1. The molecule has 0 aliphatic heterocycles. The number of fused-ring (bicyclic) bond motifs is 1. The van der Waals surface area contributed by atoms with Crippen LogP contribution in [0.4, 0.5) is 5.69 Å². The van der Waals surface area contributed by atoms with Crippen LogP contribution in [0.5, 0.6) is 0 Å². The van der Waals surface area contributed by atoms with E-state index in [2.05, 4.69) is 55.3 Å². The van der Waals surface area contributed by atoms with E-state index in [4.69, 9.17) is 11.6 Å². The maximum Gasteiger partial charge on any atom is 0.172 e. The summed E-state index contributed by atoms with van der Waals surface area (Å²) in [5.41, 5.74) is 4.59. The number of aromatic nitrogens is 3. The SMILES string of the molecule is C[C@@H](Nc1c(Cl)cnc2ccc(-c3cnc(C(C)(O)I)nc3)cc12)c1cccc(Br)c1. The molecular formula is C23H19BrClIN4O. The van der Waals surface area contributed by atoms with Gasteiger partial charge in [-0.3, -0.25) is 4.98 Å². The fraction of sp³-hybridized carbons (Fsp3) is 0.174. The number of halogens is 3. The zero-order valence-corrected chi connectivity index (χ0v) is 21.3. The molecule has 0 amide bonds. The third-order valence-electron chi connectivity index (χ3n) is 4.92. The second kappa shape index (κ2) is 8.97. The molecule has 0 saturated carbocycles. The first-order valence-electron chi connectivity index (χ1n) is 9.57. The topological polar surface area (TPSA) is 70.9 Å². The summed E-state index contributed by atoms with van der Waals surface area (Å²) in [5, 5.41) is 15.1. The lowest BCUT2D eigenvalue weighted by atomic mass is 10.0. The molecule has 0 fully saturated rings. The summed E-state index contributed by atoms with van der Waals surface area (Å²) in [7, 11) is 0. The third-order valence-corrected chi connectivity index (χ3v) is 6.19. The third kappa shape index (κ3) is 5.00. The van der Waals surface area contributed by atoms with Crippen LogP contribution in [0.3, 0.4) is 0 Å². The van der Waals surface area contributed by atoms with Crippen LogP contribution >= 0.6 is 50.1 Å². The number of rotatable bonds is 5. The van der Waals surface area contributed by atoms with Crippen molar-refractivity contribution in [2.75, 3.05) is 5.32 Å². The van der Waals surface area contributed by atoms with Crippen molar-refractivity contribution >= 4 is 66.7 Å². The van der Waals surface area contributed by atoms with Crippen LogP contribution in [0, 0.1) is 0 Å². The average Bonchev–Trinajstić information content (AvgIpc) is 2.75. The number of hydrogen-bond acceptors (Lipinski definition) is 5. The Labute approximate surface area is 207 Å². The molecule has 0 saturated heterocycles. The highest BCUT2D eigenvalue weighted by Gasteiger charge is 2.21. The highest BCUT2D eigenvalue weighted by molar-refractivity contribution is 14.1. The lowest BCUT2D eigenvalue weighted by molar-refractivity contribution is 0.168. The first kappa shape index (κ1) is 22.4. The van der Waals surface area contributed by atoms with Crippen molar-refractivity contribution in [2.24, 2.45) is 0 Å². The molecule has 8 heteroatoms. The van der Waals surface area contributed by atoms with Gasteiger partial charge in [-0.1, -0.05) is 45.7 Å². The lowest BCUT2D eigenvalue weighted by Gasteiger charge is -2.19. The molecule has 2 N–H and O–H groups in total. The van der Waals surface area contributed by atoms with Crippen molar-refractivity contribution in [3.05, 3.63) is 81.9 Å². The zero-order chi connectivity index (χ0) is 22.2. The Morgan fingerprint density at radius 2 is 1.81 bits per heavy atom. The summed E-state index contributed by atoms with van der Waals surface area (Å²) in [6, 6.07) is 14.2. The van der Waals surface area contributed by atoms with Crippen molar-refractivity contribution in [3.8, 4) is 11.1 Å².